The molecule has 2 rings (SSSR count). The average Bonchev–Trinajstić information content (AvgIpc) is 2.75. The van der Waals surface area contributed by atoms with Crippen LogP contribution in [0, 0.1) is 53.6 Å². The Morgan fingerprint density at radius 3 is 1.59 bits per heavy atom. The van der Waals surface area contributed by atoms with E-state index < -0.39 is 30.0 Å². The molecule has 34 heavy (non-hydrogen) atoms. The molecule has 0 radical (unpaired) electrons. The summed E-state index contributed by atoms with van der Waals surface area (Å²) in [6.45, 7) is 17.4. The van der Waals surface area contributed by atoms with Crippen LogP contribution in [0.3, 0.4) is 0 Å². The molecule has 0 aromatic heterocycles. The first-order valence-electron chi connectivity index (χ1n) is 8.71. The van der Waals surface area contributed by atoms with Crippen molar-refractivity contribution in [1.82, 2.24) is 0 Å². The molecular weight excluding hydrogens is 704 g/mol. The molecule has 0 amide bonds. The summed E-state index contributed by atoms with van der Waals surface area (Å²) in [4.78, 5) is 5.88. The molecule has 0 heterocycles. The first-order valence-corrected chi connectivity index (χ1v) is 15.0. The summed E-state index contributed by atoms with van der Waals surface area (Å²) < 4.78 is 82.9. The number of aromatic hydroxyl groups is 1. The number of ether oxygens (including phenoxy) is 3. The van der Waals surface area contributed by atoms with Crippen LogP contribution in [-0.2, 0) is 0 Å². The van der Waals surface area contributed by atoms with Crippen LogP contribution >= 0.6 is 12.0 Å². The third kappa shape index (κ3) is 16.2. The number of phenolic OH excluding ortho intramolecular Hbond substituents is 1. The van der Waals surface area contributed by atoms with Crippen LogP contribution in [0.1, 0.15) is 20.3 Å². The van der Waals surface area contributed by atoms with E-state index >= 15 is 0 Å². The number of hydrogen-bond donors (Lipinski definition) is 1. The van der Waals surface area contributed by atoms with Gasteiger partial charge >= 0.3 is 65.2 Å². The second-order valence-corrected chi connectivity index (χ2v) is 5.51. The van der Waals surface area contributed by atoms with Gasteiger partial charge in [-0.2, -0.15) is 0 Å². The Kier molecular flexibility index (Phi) is 18.2. The van der Waals surface area contributed by atoms with Crippen molar-refractivity contribution in [2.24, 2.45) is 0 Å². The predicted octanol–water partition coefficient (Wildman–Crippen LogP) is 8.02. The minimum atomic E-state index is -4.88. The Morgan fingerprint density at radius 2 is 1.21 bits per heavy atom. The Hall–Kier alpha value is -1.50. The summed E-state index contributed by atoms with van der Waals surface area (Å²) in [5.74, 6) is -2.01. The van der Waals surface area contributed by atoms with Crippen LogP contribution in [-0.4, -0.2) is 24.9 Å². The summed E-state index contributed by atoms with van der Waals surface area (Å²) in [6, 6.07) is 6.53. The zero-order valence-electron chi connectivity index (χ0n) is 17.8. The van der Waals surface area contributed by atoms with Crippen molar-refractivity contribution in [1.29, 1.82) is 0 Å². The molecule has 0 unspecified atom stereocenters. The van der Waals surface area contributed by atoms with Gasteiger partial charge in [0.05, 0.1) is 20.3 Å². The Labute approximate surface area is 229 Å². The molecule has 2 aromatic rings. The van der Waals surface area contributed by atoms with E-state index in [4.69, 9.17) is 18.3 Å². The molecule has 190 valence electrons. The second-order valence-electron chi connectivity index (χ2n) is 5.51. The number of hydrogen-bond acceptors (Lipinski definition) is 4. The smallest absolute Gasteiger partial charge is 0.504 e. The third-order valence-corrected chi connectivity index (χ3v) is 2.80. The monoisotopic (exact) mass is 724 g/mol. The van der Waals surface area contributed by atoms with Crippen molar-refractivity contribution in [2.75, 3.05) is 7.11 Å². The second kappa shape index (κ2) is 17.9. The normalized spacial score (nSPS) is 9.82. The summed E-state index contributed by atoms with van der Waals surface area (Å²) in [5, 5.41) is 8.97. The topological polar surface area (TPSA) is 56.6 Å². The van der Waals surface area contributed by atoms with Gasteiger partial charge in [-0.3, -0.25) is 0 Å². The molecule has 14 heteroatoms. The third-order valence-electron chi connectivity index (χ3n) is 2.80. The summed E-state index contributed by atoms with van der Waals surface area (Å²) >= 11 is 4.24. The summed E-state index contributed by atoms with van der Waals surface area (Å²) in [7, 11) is 1.22. The van der Waals surface area contributed by atoms with Crippen molar-refractivity contribution >= 4 is 23.3 Å². The van der Waals surface area contributed by atoms with Crippen LogP contribution < -0.4 is 14.2 Å². The number of alkyl halides is 6. The molecule has 0 bridgehead atoms. The molecule has 0 aliphatic carbocycles. The van der Waals surface area contributed by atoms with Gasteiger partial charge in [0.2, 0.25) is 0 Å². The fourth-order valence-corrected chi connectivity index (χ4v) is 1.72. The molecule has 1 N–H and O–H groups in total. The minimum absolute atomic E-state index is 0.0398. The van der Waals surface area contributed by atoms with Crippen molar-refractivity contribution in [2.45, 2.75) is 33.0 Å². The molecule has 0 aliphatic heterocycles. The van der Waals surface area contributed by atoms with Gasteiger partial charge in [-0.25, -0.2) is 9.69 Å². The van der Waals surface area contributed by atoms with Crippen LogP contribution in [0.25, 0.3) is 9.69 Å². The van der Waals surface area contributed by atoms with Gasteiger partial charge in [0.15, 0.2) is 34.4 Å². The molecule has 2 aromatic carbocycles. The van der Waals surface area contributed by atoms with Gasteiger partial charge in [0, 0.05) is 0 Å². The zero-order valence-corrected chi connectivity index (χ0v) is 22.1. The molecule has 0 aliphatic rings. The minimum Gasteiger partial charge on any atom is -0.504 e. The van der Waals surface area contributed by atoms with Crippen LogP contribution in [0.15, 0.2) is 36.4 Å². The maximum Gasteiger partial charge on any atom is 0.573 e. The first kappa shape index (κ1) is 34.7. The van der Waals surface area contributed by atoms with E-state index in [1.54, 1.807) is 0 Å². The largest absolute Gasteiger partial charge is 0.573 e. The van der Waals surface area contributed by atoms with E-state index in [9.17, 15) is 26.3 Å². The van der Waals surface area contributed by atoms with Gasteiger partial charge in [-0.1, -0.05) is 32.4 Å². The van der Waals surface area contributed by atoms with Gasteiger partial charge < -0.3 is 19.3 Å². The summed E-state index contributed by atoms with van der Waals surface area (Å²) in [5.41, 5.74) is 0.0112. The molecule has 0 spiro atoms. The number of nitrogens with zero attached hydrogens (tertiary/aromatic N) is 2. The molecule has 0 saturated heterocycles. The van der Waals surface area contributed by atoms with E-state index in [0.29, 0.717) is 0 Å². The van der Waals surface area contributed by atoms with Gasteiger partial charge in [0.1, 0.15) is 0 Å². The fraction of sp³-hybridized carbons (Fsp3) is 0.300. The molecule has 6 nitrogen and oxygen atoms in total. The fourth-order valence-electron chi connectivity index (χ4n) is 1.72. The maximum atomic E-state index is 11.9. The first-order chi connectivity index (χ1) is 15.8. The van der Waals surface area contributed by atoms with E-state index in [1.165, 1.54) is 31.7 Å². The van der Waals surface area contributed by atoms with Crippen molar-refractivity contribution in [3.63, 3.8) is 0 Å². The number of rotatable bonds is 3. The van der Waals surface area contributed by atoms with E-state index in [-0.39, 0.29) is 17.1 Å². The van der Waals surface area contributed by atoms with E-state index in [2.05, 4.69) is 90.2 Å². The number of benzene rings is 2. The van der Waals surface area contributed by atoms with Crippen LogP contribution in [0.4, 0.5) is 37.7 Å². The summed E-state index contributed by atoms with van der Waals surface area (Å²) in [6.07, 6.45) is -8.42. The molecular formula is C20H19F6IN2O4Xe. The van der Waals surface area contributed by atoms with Gasteiger partial charge in [-0.15, -0.1) is 26.3 Å². The quantitative estimate of drug-likeness (QED) is 0.198. The van der Waals surface area contributed by atoms with Crippen molar-refractivity contribution in [3.8, 4) is 23.0 Å². The SMILES string of the molecule is CCC.I[XeH].[C-]#[N+]c1ccc(O)c(OC(F)(F)F)c1.[C-]#[N+]c1ccc(OC)c(OC(F)(F)F)c1. The van der Waals surface area contributed by atoms with Gasteiger partial charge in [0.25, 0.3) is 0 Å². The number of methoxy groups -OCH3 is 1. The van der Waals surface area contributed by atoms with Crippen molar-refractivity contribution < 1.29 is 86.1 Å². The number of phenols is 1. The Balaban J connectivity index is 0. The van der Waals surface area contributed by atoms with Crippen molar-refractivity contribution in [3.05, 3.63) is 59.2 Å². The van der Waals surface area contributed by atoms with Gasteiger partial charge in [-0.05, 0) is 24.3 Å². The predicted molar refractivity (Wildman–Crippen MR) is 118 cm³/mol. The van der Waals surface area contributed by atoms with Crippen LogP contribution in [0.2, 0.25) is 0 Å². The van der Waals surface area contributed by atoms with Crippen LogP contribution in [0.5, 0.6) is 23.0 Å². The molecule has 0 atom stereocenters. The van der Waals surface area contributed by atoms with E-state index in [1.807, 2.05) is 0 Å². The number of halogens is 7. The standard InChI is InChI=1S/C9H6F3NO2.C8H4F3NO2.C3H8.HIXe/c1-13-6-3-4-7(14-2)8(5-6)15-9(10,11)12;1-12-5-2-3-6(13)7(4-5)14-8(9,10)11;1-3-2;1-2/h3-5H,2H3;2-4,13H;3H2,1-2H3;2H. The van der Waals surface area contributed by atoms with E-state index in [0.717, 1.165) is 18.2 Å². The Morgan fingerprint density at radius 1 is 0.824 bits per heavy atom. The molecule has 0 fully saturated rings. The zero-order chi connectivity index (χ0) is 26.9. The maximum absolute atomic E-state index is 11.9. The Bertz CT molecular complexity index is 960. The average molecular weight is 724 g/mol. The molecule has 0 saturated carbocycles.